The Morgan fingerprint density at radius 1 is 1.25 bits per heavy atom. The first-order valence-electron chi connectivity index (χ1n) is 7.89. The first-order chi connectivity index (χ1) is 11.7. The molecule has 1 saturated heterocycles. The summed E-state index contributed by atoms with van der Waals surface area (Å²) >= 11 is 1.59. The molecule has 24 heavy (non-hydrogen) atoms. The maximum atomic E-state index is 13.0. The van der Waals surface area contributed by atoms with Crippen molar-refractivity contribution in [1.82, 2.24) is 14.9 Å². The SMILES string of the molecule is Cc1nc(C2COCCN2C(=O)c2ccc3ccccc3n2)cs1. The largest absolute Gasteiger partial charge is 0.377 e. The van der Waals surface area contributed by atoms with E-state index in [0.717, 1.165) is 21.6 Å². The fourth-order valence-corrected chi connectivity index (χ4v) is 3.62. The van der Waals surface area contributed by atoms with Crippen molar-refractivity contribution in [3.63, 3.8) is 0 Å². The number of morpholine rings is 1. The van der Waals surface area contributed by atoms with Gasteiger partial charge in [-0.1, -0.05) is 24.3 Å². The Hall–Kier alpha value is -2.31. The predicted octanol–water partition coefficient (Wildman–Crippen LogP) is 3.21. The number of aromatic nitrogens is 2. The smallest absolute Gasteiger partial charge is 0.273 e. The summed E-state index contributed by atoms with van der Waals surface area (Å²) in [6, 6.07) is 11.4. The van der Waals surface area contributed by atoms with Crippen LogP contribution in [0.4, 0.5) is 0 Å². The summed E-state index contributed by atoms with van der Waals surface area (Å²) in [7, 11) is 0. The van der Waals surface area contributed by atoms with Crippen LogP contribution in [0.2, 0.25) is 0 Å². The molecule has 6 heteroatoms. The highest BCUT2D eigenvalue weighted by atomic mass is 32.1. The standard InChI is InChI=1S/C18H17N3O2S/c1-12-19-16(11-24-12)17-10-23-9-8-21(17)18(22)15-7-6-13-4-2-3-5-14(13)20-15/h2-7,11,17H,8-10H2,1H3. The minimum Gasteiger partial charge on any atom is -0.377 e. The lowest BCUT2D eigenvalue weighted by Gasteiger charge is -2.34. The normalized spacial score (nSPS) is 18.0. The van der Waals surface area contributed by atoms with Gasteiger partial charge in [0.25, 0.3) is 5.91 Å². The molecule has 1 aliphatic heterocycles. The number of thiazole rings is 1. The van der Waals surface area contributed by atoms with Crippen LogP contribution in [0.5, 0.6) is 0 Å². The molecule has 122 valence electrons. The number of hydrogen-bond acceptors (Lipinski definition) is 5. The van der Waals surface area contributed by atoms with Gasteiger partial charge in [-0.25, -0.2) is 9.97 Å². The molecule has 2 aromatic heterocycles. The number of ether oxygens (including phenoxy) is 1. The topological polar surface area (TPSA) is 55.3 Å². The van der Waals surface area contributed by atoms with E-state index in [-0.39, 0.29) is 11.9 Å². The minimum atomic E-state index is -0.149. The Balaban J connectivity index is 1.67. The van der Waals surface area contributed by atoms with Gasteiger partial charge in [-0.05, 0) is 19.1 Å². The number of rotatable bonds is 2. The summed E-state index contributed by atoms with van der Waals surface area (Å²) in [6.07, 6.45) is 0. The van der Waals surface area contributed by atoms with Crippen molar-refractivity contribution in [3.8, 4) is 0 Å². The van der Waals surface area contributed by atoms with E-state index >= 15 is 0 Å². The van der Waals surface area contributed by atoms with Gasteiger partial charge >= 0.3 is 0 Å². The Morgan fingerprint density at radius 2 is 2.12 bits per heavy atom. The Bertz CT molecular complexity index is 893. The summed E-state index contributed by atoms with van der Waals surface area (Å²) in [4.78, 5) is 23.9. The van der Waals surface area contributed by atoms with Crippen molar-refractivity contribution in [3.05, 3.63) is 58.2 Å². The Labute approximate surface area is 143 Å². The molecule has 5 nitrogen and oxygen atoms in total. The molecule has 1 aliphatic rings. The van der Waals surface area contributed by atoms with Gasteiger partial charge in [-0.15, -0.1) is 11.3 Å². The molecule has 0 radical (unpaired) electrons. The number of fused-ring (bicyclic) bond motifs is 1. The molecule has 3 heterocycles. The predicted molar refractivity (Wildman–Crippen MR) is 93.2 cm³/mol. The van der Waals surface area contributed by atoms with Crippen LogP contribution < -0.4 is 0 Å². The molecule has 0 spiro atoms. The molecule has 1 atom stereocenters. The summed E-state index contributed by atoms with van der Waals surface area (Å²) < 4.78 is 5.58. The lowest BCUT2D eigenvalue weighted by atomic mass is 10.1. The molecule has 3 aromatic rings. The molecule has 1 unspecified atom stereocenters. The van der Waals surface area contributed by atoms with Crippen LogP contribution in [0.15, 0.2) is 41.8 Å². The third-order valence-corrected chi connectivity index (χ3v) is 4.98. The monoisotopic (exact) mass is 339 g/mol. The van der Waals surface area contributed by atoms with Crippen LogP contribution >= 0.6 is 11.3 Å². The van der Waals surface area contributed by atoms with Gasteiger partial charge in [0.15, 0.2) is 0 Å². The Kier molecular flexibility index (Phi) is 4.00. The van der Waals surface area contributed by atoms with Crippen LogP contribution in [0, 0.1) is 6.92 Å². The number of nitrogens with zero attached hydrogens (tertiary/aromatic N) is 3. The van der Waals surface area contributed by atoms with Crippen molar-refractivity contribution < 1.29 is 9.53 Å². The summed E-state index contributed by atoms with van der Waals surface area (Å²) in [5.74, 6) is -0.0697. The van der Waals surface area contributed by atoms with Crippen molar-refractivity contribution in [2.75, 3.05) is 19.8 Å². The van der Waals surface area contributed by atoms with Crippen molar-refractivity contribution in [1.29, 1.82) is 0 Å². The lowest BCUT2D eigenvalue weighted by Crippen LogP contribution is -2.43. The van der Waals surface area contributed by atoms with Crippen LogP contribution in [-0.4, -0.2) is 40.5 Å². The van der Waals surface area contributed by atoms with Gasteiger partial charge in [0.1, 0.15) is 5.69 Å². The number of carbonyl (C=O) groups is 1. The second-order valence-electron chi connectivity index (χ2n) is 5.77. The second kappa shape index (κ2) is 6.30. The maximum absolute atomic E-state index is 13.0. The molecule has 1 aromatic carbocycles. The van der Waals surface area contributed by atoms with E-state index in [1.165, 1.54) is 0 Å². The van der Waals surface area contributed by atoms with E-state index in [0.29, 0.717) is 25.5 Å². The van der Waals surface area contributed by atoms with Gasteiger partial charge in [0, 0.05) is 17.3 Å². The zero-order valence-electron chi connectivity index (χ0n) is 13.3. The molecule has 0 N–H and O–H groups in total. The molecule has 0 aliphatic carbocycles. The fraction of sp³-hybridized carbons (Fsp3) is 0.278. The summed E-state index contributed by atoms with van der Waals surface area (Å²) in [5, 5.41) is 4.03. The molecular formula is C18H17N3O2S. The number of amides is 1. The minimum absolute atomic E-state index is 0.0697. The quantitative estimate of drug-likeness (QED) is 0.719. The molecule has 1 amide bonds. The average Bonchev–Trinajstić information content (AvgIpc) is 3.07. The highest BCUT2D eigenvalue weighted by molar-refractivity contribution is 7.09. The number of hydrogen-bond donors (Lipinski definition) is 0. The van der Waals surface area contributed by atoms with E-state index < -0.39 is 0 Å². The Morgan fingerprint density at radius 3 is 2.96 bits per heavy atom. The molecular weight excluding hydrogens is 322 g/mol. The summed E-state index contributed by atoms with van der Waals surface area (Å²) in [6.45, 7) is 3.53. The first-order valence-corrected chi connectivity index (χ1v) is 8.77. The van der Waals surface area contributed by atoms with E-state index in [2.05, 4.69) is 9.97 Å². The maximum Gasteiger partial charge on any atom is 0.273 e. The van der Waals surface area contributed by atoms with Gasteiger partial charge in [0.05, 0.1) is 35.5 Å². The van der Waals surface area contributed by atoms with Crippen molar-refractivity contribution in [2.45, 2.75) is 13.0 Å². The number of benzene rings is 1. The fourth-order valence-electron chi connectivity index (χ4n) is 2.96. The number of aryl methyl sites for hydroxylation is 1. The summed E-state index contributed by atoms with van der Waals surface area (Å²) in [5.41, 5.74) is 2.19. The van der Waals surface area contributed by atoms with Gasteiger partial charge in [-0.3, -0.25) is 4.79 Å². The van der Waals surface area contributed by atoms with Crippen LogP contribution in [-0.2, 0) is 4.74 Å². The van der Waals surface area contributed by atoms with Crippen LogP contribution in [0.3, 0.4) is 0 Å². The van der Waals surface area contributed by atoms with Gasteiger partial charge < -0.3 is 9.64 Å². The number of para-hydroxylation sites is 1. The molecule has 4 rings (SSSR count). The van der Waals surface area contributed by atoms with Crippen molar-refractivity contribution >= 4 is 28.1 Å². The zero-order chi connectivity index (χ0) is 16.5. The molecule has 0 saturated carbocycles. The first kappa shape index (κ1) is 15.2. The second-order valence-corrected chi connectivity index (χ2v) is 6.83. The third-order valence-electron chi connectivity index (χ3n) is 4.19. The third kappa shape index (κ3) is 2.79. The van der Waals surface area contributed by atoms with Gasteiger partial charge in [-0.2, -0.15) is 0 Å². The molecule has 0 bridgehead atoms. The van der Waals surface area contributed by atoms with Crippen LogP contribution in [0.25, 0.3) is 10.9 Å². The highest BCUT2D eigenvalue weighted by Crippen LogP contribution is 2.27. The van der Waals surface area contributed by atoms with E-state index in [1.807, 2.05) is 47.5 Å². The number of pyridine rings is 1. The van der Waals surface area contributed by atoms with E-state index in [1.54, 1.807) is 17.4 Å². The number of carbonyl (C=O) groups excluding carboxylic acids is 1. The van der Waals surface area contributed by atoms with Crippen LogP contribution in [0.1, 0.15) is 27.2 Å². The lowest BCUT2D eigenvalue weighted by molar-refractivity contribution is -0.00404. The van der Waals surface area contributed by atoms with Gasteiger partial charge in [0.2, 0.25) is 0 Å². The highest BCUT2D eigenvalue weighted by Gasteiger charge is 2.31. The zero-order valence-corrected chi connectivity index (χ0v) is 14.1. The molecule has 1 fully saturated rings. The average molecular weight is 339 g/mol. The van der Waals surface area contributed by atoms with E-state index in [4.69, 9.17) is 4.74 Å². The van der Waals surface area contributed by atoms with E-state index in [9.17, 15) is 4.79 Å². The van der Waals surface area contributed by atoms with Crippen molar-refractivity contribution in [2.24, 2.45) is 0 Å².